The molecule has 30 heavy (non-hydrogen) atoms. The first-order chi connectivity index (χ1) is 14.4. The van der Waals surface area contributed by atoms with Gasteiger partial charge in [0.1, 0.15) is 0 Å². The van der Waals surface area contributed by atoms with Gasteiger partial charge in [-0.15, -0.1) is 0 Å². The van der Waals surface area contributed by atoms with Gasteiger partial charge in [-0.05, 0) is 42.9 Å². The fraction of sp³-hybridized carbons (Fsp3) is 0.458. The largest absolute Gasteiger partial charge is 0.388 e. The average molecular weight is 404 g/mol. The Morgan fingerprint density at radius 2 is 2.13 bits per heavy atom. The van der Waals surface area contributed by atoms with Gasteiger partial charge in [0.05, 0.1) is 11.2 Å². The van der Waals surface area contributed by atoms with Gasteiger partial charge in [-0.3, -0.25) is 4.98 Å². The molecule has 156 valence electrons. The molecule has 1 aromatic heterocycles. The third-order valence-electron chi connectivity index (χ3n) is 7.13. The van der Waals surface area contributed by atoms with Crippen molar-refractivity contribution in [2.24, 2.45) is 10.8 Å². The highest BCUT2D eigenvalue weighted by Gasteiger charge is 2.49. The minimum absolute atomic E-state index is 0.0579. The van der Waals surface area contributed by atoms with Crippen LogP contribution in [0.5, 0.6) is 0 Å². The van der Waals surface area contributed by atoms with E-state index >= 15 is 0 Å². The number of urea groups is 1. The van der Waals surface area contributed by atoms with Crippen LogP contribution in [0.3, 0.4) is 0 Å². The number of benzene rings is 1. The third kappa shape index (κ3) is 3.34. The van der Waals surface area contributed by atoms with Gasteiger partial charge in [-0.2, -0.15) is 0 Å². The van der Waals surface area contributed by atoms with E-state index in [1.54, 1.807) is 6.20 Å². The monoisotopic (exact) mass is 403 g/mol. The predicted octanol–water partition coefficient (Wildman–Crippen LogP) is 3.68. The smallest absolute Gasteiger partial charge is 0.317 e. The lowest BCUT2D eigenvalue weighted by Crippen LogP contribution is -2.42. The number of carbonyl (C=O) groups excluding carboxylic acids is 1. The molecule has 0 radical (unpaired) electrons. The van der Waals surface area contributed by atoms with E-state index < -0.39 is 0 Å². The van der Waals surface area contributed by atoms with Crippen LogP contribution in [-0.2, 0) is 0 Å². The molecule has 2 aliphatic heterocycles. The normalized spacial score (nSPS) is 28.1. The zero-order valence-corrected chi connectivity index (χ0v) is 17.7. The number of nitrogens with one attached hydrogen (secondary N) is 3. The van der Waals surface area contributed by atoms with Crippen LogP contribution < -0.4 is 10.6 Å². The molecule has 1 aromatic carbocycles. The summed E-state index contributed by atoms with van der Waals surface area (Å²) in [5.41, 5.74) is 3.47. The van der Waals surface area contributed by atoms with Crippen molar-refractivity contribution in [3.63, 3.8) is 0 Å². The Hall–Kier alpha value is -2.89. The highest BCUT2D eigenvalue weighted by Crippen LogP contribution is 2.46. The SMILES string of the molecule is CC1(C)CC1NC(=O)N1CCC2(CCN/C2=C\C(=N)c2cnc3ccccc3c2)C1. The molecule has 6 nitrogen and oxygen atoms in total. The summed E-state index contributed by atoms with van der Waals surface area (Å²) >= 11 is 0. The van der Waals surface area contributed by atoms with E-state index in [4.69, 9.17) is 5.41 Å². The number of allylic oxidation sites excluding steroid dienone is 1. The molecule has 6 heteroatoms. The fourth-order valence-corrected chi connectivity index (χ4v) is 4.83. The Labute approximate surface area is 177 Å². The van der Waals surface area contributed by atoms with E-state index in [1.807, 2.05) is 41.3 Å². The quantitative estimate of drug-likeness (QED) is 0.684. The molecule has 2 unspecified atom stereocenters. The molecule has 3 heterocycles. The third-order valence-corrected chi connectivity index (χ3v) is 7.13. The molecule has 2 aromatic rings. The molecule has 5 rings (SSSR count). The van der Waals surface area contributed by atoms with Gasteiger partial charge in [0.15, 0.2) is 0 Å². The van der Waals surface area contributed by atoms with E-state index in [9.17, 15) is 4.79 Å². The maximum Gasteiger partial charge on any atom is 0.317 e. The second kappa shape index (κ2) is 6.83. The molecular weight excluding hydrogens is 374 g/mol. The topological polar surface area (TPSA) is 81.1 Å². The zero-order valence-electron chi connectivity index (χ0n) is 17.7. The van der Waals surface area contributed by atoms with E-state index in [0.717, 1.165) is 54.5 Å². The lowest BCUT2D eigenvalue weighted by atomic mass is 9.82. The molecule has 0 bridgehead atoms. The number of likely N-dealkylation sites (tertiary alicyclic amines) is 1. The number of rotatable bonds is 3. The fourth-order valence-electron chi connectivity index (χ4n) is 4.83. The number of carbonyl (C=O) groups is 1. The van der Waals surface area contributed by atoms with Crippen molar-refractivity contribution in [3.8, 4) is 0 Å². The number of para-hydroxylation sites is 1. The van der Waals surface area contributed by atoms with Crippen molar-refractivity contribution in [2.75, 3.05) is 19.6 Å². The summed E-state index contributed by atoms with van der Waals surface area (Å²) in [6.07, 6.45) is 6.72. The number of fused-ring (bicyclic) bond motifs is 1. The number of nitrogens with zero attached hydrogens (tertiary/aromatic N) is 2. The minimum Gasteiger partial charge on any atom is -0.388 e. The van der Waals surface area contributed by atoms with Crippen molar-refractivity contribution >= 4 is 22.6 Å². The lowest BCUT2D eigenvalue weighted by Gasteiger charge is -2.25. The highest BCUT2D eigenvalue weighted by atomic mass is 16.2. The van der Waals surface area contributed by atoms with Gasteiger partial charge in [-0.1, -0.05) is 32.0 Å². The van der Waals surface area contributed by atoms with Gasteiger partial charge in [-0.25, -0.2) is 4.79 Å². The maximum absolute atomic E-state index is 12.7. The number of aromatic nitrogens is 1. The Bertz CT molecular complexity index is 1060. The van der Waals surface area contributed by atoms with Gasteiger partial charge >= 0.3 is 6.03 Å². The van der Waals surface area contributed by atoms with Crippen molar-refractivity contribution in [2.45, 2.75) is 39.2 Å². The van der Waals surface area contributed by atoms with E-state index in [2.05, 4.69) is 29.5 Å². The van der Waals surface area contributed by atoms with Crippen LogP contribution in [0.15, 0.2) is 48.3 Å². The Balaban J connectivity index is 1.32. The zero-order chi connectivity index (χ0) is 20.9. The summed E-state index contributed by atoms with van der Waals surface area (Å²) in [5, 5.41) is 16.4. The summed E-state index contributed by atoms with van der Waals surface area (Å²) in [6.45, 7) is 6.76. The van der Waals surface area contributed by atoms with Crippen LogP contribution in [0.1, 0.15) is 38.7 Å². The lowest BCUT2D eigenvalue weighted by molar-refractivity contribution is 0.202. The van der Waals surface area contributed by atoms with Gasteiger partial charge in [0.2, 0.25) is 0 Å². The Morgan fingerprint density at radius 1 is 1.33 bits per heavy atom. The number of pyridine rings is 1. The first-order valence-electron chi connectivity index (χ1n) is 10.8. The number of hydrogen-bond acceptors (Lipinski definition) is 4. The summed E-state index contributed by atoms with van der Waals surface area (Å²) < 4.78 is 0. The Kier molecular flexibility index (Phi) is 4.34. The number of hydrogen-bond donors (Lipinski definition) is 3. The summed E-state index contributed by atoms with van der Waals surface area (Å²) in [6, 6.07) is 10.3. The standard InChI is InChI=1S/C24H29N5O/c1-23(2)13-21(23)28-22(30)29-10-8-24(15-29)7-9-26-20(24)12-18(25)17-11-16-5-3-4-6-19(16)27-14-17/h3-6,11-12,14,21,25-26H,7-10,13,15H2,1-2H3,(H,28,30)/b20-12-,25-18?. The van der Waals surface area contributed by atoms with Crippen molar-refractivity contribution < 1.29 is 4.79 Å². The summed E-state index contributed by atoms with van der Waals surface area (Å²) in [7, 11) is 0. The van der Waals surface area contributed by atoms with Gasteiger partial charge in [0, 0.05) is 53.9 Å². The van der Waals surface area contributed by atoms with E-state index in [1.165, 1.54) is 0 Å². The predicted molar refractivity (Wildman–Crippen MR) is 119 cm³/mol. The van der Waals surface area contributed by atoms with Crippen LogP contribution in [0.4, 0.5) is 4.79 Å². The van der Waals surface area contributed by atoms with Crippen molar-refractivity contribution in [1.82, 2.24) is 20.5 Å². The van der Waals surface area contributed by atoms with Crippen molar-refractivity contribution in [3.05, 3.63) is 53.9 Å². The average Bonchev–Trinajstić information content (AvgIpc) is 3.08. The van der Waals surface area contributed by atoms with Crippen LogP contribution in [0.2, 0.25) is 0 Å². The van der Waals surface area contributed by atoms with Crippen LogP contribution in [0.25, 0.3) is 10.9 Å². The first kappa shape index (κ1) is 19.1. The second-order valence-corrected chi connectivity index (χ2v) is 9.71. The van der Waals surface area contributed by atoms with E-state index in [-0.39, 0.29) is 16.9 Å². The van der Waals surface area contributed by atoms with Crippen LogP contribution in [-0.4, -0.2) is 47.3 Å². The summed E-state index contributed by atoms with van der Waals surface area (Å²) in [4.78, 5) is 19.2. The molecule has 1 saturated carbocycles. The van der Waals surface area contributed by atoms with Crippen LogP contribution >= 0.6 is 0 Å². The first-order valence-corrected chi connectivity index (χ1v) is 10.8. The van der Waals surface area contributed by atoms with Gasteiger partial charge in [0.25, 0.3) is 0 Å². The van der Waals surface area contributed by atoms with Gasteiger partial charge < -0.3 is 20.9 Å². The van der Waals surface area contributed by atoms with Crippen LogP contribution in [0, 0.1) is 16.2 Å². The van der Waals surface area contributed by atoms with Crippen molar-refractivity contribution in [1.29, 1.82) is 5.41 Å². The molecule has 3 fully saturated rings. The molecule has 2 saturated heterocycles. The Morgan fingerprint density at radius 3 is 2.93 bits per heavy atom. The molecule has 1 aliphatic carbocycles. The second-order valence-electron chi connectivity index (χ2n) is 9.71. The molecule has 1 spiro atoms. The highest BCUT2D eigenvalue weighted by molar-refractivity contribution is 6.08. The maximum atomic E-state index is 12.7. The molecule has 2 amide bonds. The van der Waals surface area contributed by atoms with E-state index in [0.29, 0.717) is 18.3 Å². The molecule has 3 aliphatic rings. The summed E-state index contributed by atoms with van der Waals surface area (Å²) in [5.74, 6) is 0. The molecule has 2 atom stereocenters. The molecular formula is C24H29N5O. The molecule has 3 N–H and O–H groups in total. The minimum atomic E-state index is -0.0625. The number of amides is 2.